The number of allylic oxidation sites excluding steroid dienone is 1. The fourth-order valence-corrected chi connectivity index (χ4v) is 2.67. The Morgan fingerprint density at radius 2 is 2.06 bits per heavy atom. The minimum absolute atomic E-state index is 0.140. The van der Waals surface area contributed by atoms with Gasteiger partial charge < -0.3 is 18.8 Å². The van der Waals surface area contributed by atoms with Crippen molar-refractivity contribution in [1.29, 1.82) is 0 Å². The molecule has 1 amide bonds. The number of rotatable bonds is 4. The monoisotopic (exact) mass is 292 g/mol. The Morgan fingerprint density at radius 3 is 2.56 bits per heavy atom. The summed E-state index contributed by atoms with van der Waals surface area (Å²) in [5, 5.41) is 0.430. The Labute approximate surface area is 112 Å². The summed E-state index contributed by atoms with van der Waals surface area (Å²) < 4.78 is 21.9. The van der Waals surface area contributed by atoms with E-state index in [4.69, 9.17) is 9.05 Å². The number of carbonyl (C=O) groups excluding carboxylic acids is 1. The highest BCUT2D eigenvalue weighted by Crippen LogP contribution is 2.54. The topological polar surface area (TPSA) is 59.1 Å². The standard InChI is InChI=1S/C10H17N2O4PS/c1-8(17(14,15-3)16-4)7-12-6-5-9(13)11(2)10(12)18/h5-7,10,18H,1-4H3/b8-7-. The predicted molar refractivity (Wildman–Crippen MR) is 71.9 cm³/mol. The maximum Gasteiger partial charge on any atom is 0.357 e. The third-order valence-corrected chi connectivity index (χ3v) is 5.15. The second-order valence-electron chi connectivity index (χ2n) is 3.69. The molecule has 8 heteroatoms. The molecular formula is C10H17N2O4PS. The van der Waals surface area contributed by atoms with Crippen LogP contribution in [0.4, 0.5) is 0 Å². The van der Waals surface area contributed by atoms with E-state index >= 15 is 0 Å². The lowest BCUT2D eigenvalue weighted by Crippen LogP contribution is -2.44. The molecule has 1 aliphatic heterocycles. The highest BCUT2D eigenvalue weighted by molar-refractivity contribution is 7.80. The molecule has 6 nitrogen and oxygen atoms in total. The lowest BCUT2D eigenvalue weighted by Gasteiger charge is -2.34. The Hall–Kier alpha value is -0.750. The molecule has 0 fully saturated rings. The molecule has 1 unspecified atom stereocenters. The highest BCUT2D eigenvalue weighted by Gasteiger charge is 2.28. The van der Waals surface area contributed by atoms with Crippen LogP contribution < -0.4 is 0 Å². The maximum atomic E-state index is 12.1. The zero-order valence-electron chi connectivity index (χ0n) is 10.7. The lowest BCUT2D eigenvalue weighted by atomic mass is 10.4. The normalized spacial score (nSPS) is 21.7. The van der Waals surface area contributed by atoms with Crippen LogP contribution in [0, 0.1) is 0 Å². The molecule has 0 saturated heterocycles. The number of amides is 1. The van der Waals surface area contributed by atoms with Crippen molar-refractivity contribution in [3.63, 3.8) is 0 Å². The van der Waals surface area contributed by atoms with Gasteiger partial charge >= 0.3 is 7.60 Å². The molecule has 0 spiro atoms. The smallest absolute Gasteiger partial charge is 0.324 e. The Bertz CT molecular complexity index is 430. The van der Waals surface area contributed by atoms with E-state index in [0.717, 1.165) is 0 Å². The van der Waals surface area contributed by atoms with Crippen LogP contribution in [0.25, 0.3) is 0 Å². The van der Waals surface area contributed by atoms with Gasteiger partial charge in [-0.2, -0.15) is 0 Å². The van der Waals surface area contributed by atoms with Crippen LogP contribution in [-0.2, 0) is 18.4 Å². The molecule has 1 heterocycles. The fourth-order valence-electron chi connectivity index (χ4n) is 1.42. The zero-order valence-corrected chi connectivity index (χ0v) is 12.5. The Kier molecular flexibility index (Phi) is 5.04. The summed E-state index contributed by atoms with van der Waals surface area (Å²) >= 11 is 4.30. The van der Waals surface area contributed by atoms with E-state index in [9.17, 15) is 9.36 Å². The summed E-state index contributed by atoms with van der Waals surface area (Å²) in [4.78, 5) is 14.5. The first kappa shape index (κ1) is 15.3. The van der Waals surface area contributed by atoms with Crippen LogP contribution in [0.2, 0.25) is 0 Å². The van der Waals surface area contributed by atoms with Gasteiger partial charge in [-0.15, -0.1) is 12.6 Å². The lowest BCUT2D eigenvalue weighted by molar-refractivity contribution is -0.127. The van der Waals surface area contributed by atoms with Crippen LogP contribution in [0.1, 0.15) is 6.92 Å². The van der Waals surface area contributed by atoms with E-state index in [1.807, 2.05) is 0 Å². The third kappa shape index (κ3) is 2.98. The van der Waals surface area contributed by atoms with E-state index in [-0.39, 0.29) is 5.91 Å². The van der Waals surface area contributed by atoms with Gasteiger partial charge in [-0.1, -0.05) is 0 Å². The molecule has 0 bridgehead atoms. The molecule has 18 heavy (non-hydrogen) atoms. The van der Waals surface area contributed by atoms with E-state index in [1.54, 1.807) is 31.3 Å². The predicted octanol–water partition coefficient (Wildman–Crippen LogP) is 1.83. The average Bonchev–Trinajstić information content (AvgIpc) is 2.38. The largest absolute Gasteiger partial charge is 0.357 e. The van der Waals surface area contributed by atoms with Crippen molar-refractivity contribution >= 4 is 26.1 Å². The van der Waals surface area contributed by atoms with Crippen LogP contribution in [0.15, 0.2) is 23.8 Å². The van der Waals surface area contributed by atoms with Crippen LogP contribution in [0.3, 0.4) is 0 Å². The number of likely N-dealkylation sites (N-methyl/N-ethyl adjacent to an activating group) is 1. The molecular weight excluding hydrogens is 275 g/mol. The average molecular weight is 292 g/mol. The molecule has 1 aliphatic rings. The van der Waals surface area contributed by atoms with Crippen molar-refractivity contribution in [3.8, 4) is 0 Å². The Morgan fingerprint density at radius 1 is 1.50 bits per heavy atom. The van der Waals surface area contributed by atoms with Crippen molar-refractivity contribution in [3.05, 3.63) is 23.8 Å². The highest BCUT2D eigenvalue weighted by atomic mass is 32.1. The third-order valence-electron chi connectivity index (χ3n) is 2.60. The van der Waals surface area contributed by atoms with Crippen molar-refractivity contribution < 1.29 is 18.4 Å². The van der Waals surface area contributed by atoms with Crippen molar-refractivity contribution in [2.45, 2.75) is 12.4 Å². The van der Waals surface area contributed by atoms with Gasteiger partial charge in [-0.05, 0) is 6.92 Å². The summed E-state index contributed by atoms with van der Waals surface area (Å²) in [7, 11) is 1.02. The van der Waals surface area contributed by atoms with Crippen molar-refractivity contribution in [1.82, 2.24) is 9.80 Å². The second-order valence-corrected chi connectivity index (χ2v) is 6.58. The number of hydrogen-bond acceptors (Lipinski definition) is 6. The second kappa shape index (κ2) is 5.93. The van der Waals surface area contributed by atoms with Gasteiger partial charge in [0.15, 0.2) is 5.50 Å². The van der Waals surface area contributed by atoms with Gasteiger partial charge in [0, 0.05) is 39.7 Å². The number of nitrogens with zero attached hydrogens (tertiary/aromatic N) is 2. The maximum absolute atomic E-state index is 12.1. The number of hydrogen-bond donors (Lipinski definition) is 1. The summed E-state index contributed by atoms with van der Waals surface area (Å²) in [6.07, 6.45) is 4.56. The molecule has 0 N–H and O–H groups in total. The minimum Gasteiger partial charge on any atom is -0.324 e. The van der Waals surface area contributed by atoms with Gasteiger partial charge in [0.05, 0.1) is 5.31 Å². The van der Waals surface area contributed by atoms with E-state index in [2.05, 4.69) is 12.6 Å². The van der Waals surface area contributed by atoms with Gasteiger partial charge in [0.2, 0.25) is 5.91 Å². The number of thiol groups is 1. The Balaban J connectivity index is 3.00. The first-order valence-electron chi connectivity index (χ1n) is 5.16. The van der Waals surface area contributed by atoms with Crippen LogP contribution in [0.5, 0.6) is 0 Å². The van der Waals surface area contributed by atoms with Crippen molar-refractivity contribution in [2.75, 3.05) is 21.3 Å². The molecule has 0 saturated carbocycles. The SMILES string of the molecule is COP(=O)(OC)/C(C)=C\N1C=CC(=O)N(C)C1S. The molecule has 1 atom stereocenters. The molecule has 0 aromatic carbocycles. The summed E-state index contributed by atoms with van der Waals surface area (Å²) in [6.45, 7) is 1.64. The first-order valence-corrected chi connectivity index (χ1v) is 7.22. The number of carbonyl (C=O) groups is 1. The summed E-state index contributed by atoms with van der Waals surface area (Å²) in [6, 6.07) is 0. The summed E-state index contributed by atoms with van der Waals surface area (Å²) in [5.74, 6) is -0.140. The van der Waals surface area contributed by atoms with Gasteiger partial charge in [0.25, 0.3) is 0 Å². The molecule has 1 rings (SSSR count). The molecule has 102 valence electrons. The minimum atomic E-state index is -3.25. The zero-order chi connectivity index (χ0) is 13.9. The van der Waals surface area contributed by atoms with Crippen LogP contribution >= 0.6 is 20.2 Å². The van der Waals surface area contributed by atoms with Gasteiger partial charge in [-0.3, -0.25) is 9.36 Å². The first-order chi connectivity index (χ1) is 8.35. The fraction of sp³-hybridized carbons (Fsp3) is 0.500. The van der Waals surface area contributed by atoms with Crippen molar-refractivity contribution in [2.24, 2.45) is 0 Å². The van der Waals surface area contributed by atoms with Crippen LogP contribution in [-0.4, -0.2) is 42.5 Å². The summed E-state index contributed by atoms with van der Waals surface area (Å²) in [5.41, 5.74) is -0.459. The van der Waals surface area contributed by atoms with E-state index in [0.29, 0.717) is 5.31 Å². The van der Waals surface area contributed by atoms with Gasteiger partial charge in [0.1, 0.15) is 0 Å². The molecule has 0 aliphatic carbocycles. The van der Waals surface area contributed by atoms with Gasteiger partial charge in [-0.25, -0.2) is 0 Å². The molecule has 0 aromatic rings. The van der Waals surface area contributed by atoms with E-state index < -0.39 is 13.1 Å². The quantitative estimate of drug-likeness (QED) is 0.633. The molecule has 0 aromatic heterocycles. The molecule has 0 radical (unpaired) electrons. The van der Waals surface area contributed by atoms with E-state index in [1.165, 1.54) is 25.2 Å².